The molecule has 0 fully saturated rings. The molecule has 0 radical (unpaired) electrons. The molecule has 0 saturated heterocycles. The third-order valence-electron chi connectivity index (χ3n) is 2.90. The molecule has 0 unspecified atom stereocenters. The standard InChI is InChI=1S/C14H18O3/c1-10(14(16)17)6-7-12-4-3-5-13(8-9-15)11(12)2/h3-6,15H,7-9H2,1-2H3,(H,16,17). The summed E-state index contributed by atoms with van der Waals surface area (Å²) in [6.45, 7) is 3.73. The lowest BCUT2D eigenvalue weighted by molar-refractivity contribution is -0.132. The molecule has 0 atom stereocenters. The van der Waals surface area contributed by atoms with Crippen LogP contribution in [0.5, 0.6) is 0 Å². The van der Waals surface area contributed by atoms with Crippen molar-refractivity contribution in [3.63, 3.8) is 0 Å². The van der Waals surface area contributed by atoms with Crippen LogP contribution in [0, 0.1) is 6.92 Å². The third kappa shape index (κ3) is 3.71. The average molecular weight is 234 g/mol. The summed E-state index contributed by atoms with van der Waals surface area (Å²) in [6.07, 6.45) is 2.97. The number of hydrogen-bond donors (Lipinski definition) is 2. The van der Waals surface area contributed by atoms with E-state index in [1.54, 1.807) is 13.0 Å². The summed E-state index contributed by atoms with van der Waals surface area (Å²) >= 11 is 0. The van der Waals surface area contributed by atoms with Crippen molar-refractivity contribution in [3.8, 4) is 0 Å². The molecule has 0 amide bonds. The molecule has 0 bridgehead atoms. The zero-order valence-corrected chi connectivity index (χ0v) is 10.2. The largest absolute Gasteiger partial charge is 0.478 e. The Hall–Kier alpha value is -1.61. The molecule has 0 spiro atoms. The van der Waals surface area contributed by atoms with Crippen molar-refractivity contribution in [2.24, 2.45) is 0 Å². The second-order valence-corrected chi connectivity index (χ2v) is 4.07. The Morgan fingerprint density at radius 2 is 2.00 bits per heavy atom. The van der Waals surface area contributed by atoms with E-state index in [-0.39, 0.29) is 6.61 Å². The average Bonchev–Trinajstić information content (AvgIpc) is 2.30. The van der Waals surface area contributed by atoms with Gasteiger partial charge in [0.15, 0.2) is 0 Å². The molecule has 3 heteroatoms. The molecule has 0 saturated carbocycles. The van der Waals surface area contributed by atoms with Crippen LogP contribution in [-0.2, 0) is 17.6 Å². The van der Waals surface area contributed by atoms with Crippen molar-refractivity contribution in [3.05, 3.63) is 46.5 Å². The van der Waals surface area contributed by atoms with E-state index in [0.29, 0.717) is 18.4 Å². The zero-order chi connectivity index (χ0) is 12.8. The fourth-order valence-electron chi connectivity index (χ4n) is 1.70. The van der Waals surface area contributed by atoms with Crippen molar-refractivity contribution in [1.82, 2.24) is 0 Å². The van der Waals surface area contributed by atoms with Gasteiger partial charge in [0.05, 0.1) is 0 Å². The number of aliphatic carboxylic acids is 1. The minimum Gasteiger partial charge on any atom is -0.478 e. The van der Waals surface area contributed by atoms with Crippen LogP contribution in [-0.4, -0.2) is 22.8 Å². The minimum absolute atomic E-state index is 0.133. The summed E-state index contributed by atoms with van der Waals surface area (Å²) in [5.41, 5.74) is 3.72. The van der Waals surface area contributed by atoms with Crippen molar-refractivity contribution in [2.45, 2.75) is 26.7 Å². The number of allylic oxidation sites excluding steroid dienone is 1. The molecule has 92 valence electrons. The molecule has 0 aliphatic rings. The van der Waals surface area contributed by atoms with E-state index >= 15 is 0 Å². The molecule has 1 aromatic carbocycles. The monoisotopic (exact) mass is 234 g/mol. The summed E-state index contributed by atoms with van der Waals surface area (Å²) in [7, 11) is 0. The molecule has 17 heavy (non-hydrogen) atoms. The van der Waals surface area contributed by atoms with Crippen molar-refractivity contribution >= 4 is 5.97 Å². The van der Waals surface area contributed by atoms with Gasteiger partial charge in [-0.05, 0) is 43.4 Å². The van der Waals surface area contributed by atoms with Crippen LogP contribution in [0.2, 0.25) is 0 Å². The van der Waals surface area contributed by atoms with E-state index in [0.717, 1.165) is 16.7 Å². The smallest absolute Gasteiger partial charge is 0.330 e. The first-order valence-electron chi connectivity index (χ1n) is 5.64. The van der Waals surface area contributed by atoms with Crippen molar-refractivity contribution < 1.29 is 15.0 Å². The van der Waals surface area contributed by atoms with E-state index in [4.69, 9.17) is 10.2 Å². The first-order chi connectivity index (χ1) is 8.06. The van der Waals surface area contributed by atoms with E-state index in [1.807, 2.05) is 25.1 Å². The lowest BCUT2D eigenvalue weighted by Gasteiger charge is -2.09. The molecule has 0 aliphatic carbocycles. The Morgan fingerprint density at radius 3 is 2.59 bits per heavy atom. The summed E-state index contributed by atoms with van der Waals surface area (Å²) in [4.78, 5) is 10.7. The van der Waals surface area contributed by atoms with Gasteiger partial charge in [-0.3, -0.25) is 0 Å². The molecule has 0 aromatic heterocycles. The van der Waals surface area contributed by atoms with E-state index in [1.165, 1.54) is 0 Å². The highest BCUT2D eigenvalue weighted by Gasteiger charge is 2.04. The number of benzene rings is 1. The lowest BCUT2D eigenvalue weighted by atomic mass is 9.97. The second-order valence-electron chi connectivity index (χ2n) is 4.07. The Morgan fingerprint density at radius 1 is 1.35 bits per heavy atom. The van der Waals surface area contributed by atoms with Crippen molar-refractivity contribution in [1.29, 1.82) is 0 Å². The highest BCUT2D eigenvalue weighted by Crippen LogP contribution is 2.15. The summed E-state index contributed by atoms with van der Waals surface area (Å²) in [5, 5.41) is 17.7. The van der Waals surface area contributed by atoms with Crippen LogP contribution in [0.3, 0.4) is 0 Å². The Balaban J connectivity index is 2.88. The lowest BCUT2D eigenvalue weighted by Crippen LogP contribution is -2.00. The summed E-state index contributed by atoms with van der Waals surface area (Å²) < 4.78 is 0. The van der Waals surface area contributed by atoms with Gasteiger partial charge in [-0.25, -0.2) is 4.79 Å². The normalized spacial score (nSPS) is 11.6. The number of carboxylic acid groups (broad SMARTS) is 1. The van der Waals surface area contributed by atoms with Crippen molar-refractivity contribution in [2.75, 3.05) is 6.61 Å². The fourth-order valence-corrected chi connectivity index (χ4v) is 1.70. The van der Waals surface area contributed by atoms with Crippen LogP contribution in [0.1, 0.15) is 23.6 Å². The van der Waals surface area contributed by atoms with Gasteiger partial charge in [-0.15, -0.1) is 0 Å². The maximum Gasteiger partial charge on any atom is 0.330 e. The number of rotatable bonds is 5. The number of carbonyl (C=O) groups is 1. The van der Waals surface area contributed by atoms with Gasteiger partial charge in [0.2, 0.25) is 0 Å². The van der Waals surface area contributed by atoms with Crippen LogP contribution >= 0.6 is 0 Å². The molecule has 1 rings (SSSR count). The summed E-state index contributed by atoms with van der Waals surface area (Å²) in [6, 6.07) is 5.92. The molecule has 0 heterocycles. The highest BCUT2D eigenvalue weighted by atomic mass is 16.4. The van der Waals surface area contributed by atoms with Crippen LogP contribution in [0.4, 0.5) is 0 Å². The van der Waals surface area contributed by atoms with Crippen LogP contribution in [0.25, 0.3) is 0 Å². The first kappa shape index (κ1) is 13.5. The van der Waals surface area contributed by atoms with Crippen LogP contribution < -0.4 is 0 Å². The fraction of sp³-hybridized carbons (Fsp3) is 0.357. The molecule has 0 aliphatic heterocycles. The molecular weight excluding hydrogens is 216 g/mol. The number of carboxylic acids is 1. The predicted octanol–water partition coefficient (Wildman–Crippen LogP) is 2.10. The molecule has 2 N–H and O–H groups in total. The van der Waals surface area contributed by atoms with Gasteiger partial charge >= 0.3 is 5.97 Å². The second kappa shape index (κ2) is 6.21. The van der Waals surface area contributed by atoms with Gasteiger partial charge in [0.1, 0.15) is 0 Å². The molecule has 1 aromatic rings. The number of hydrogen-bond acceptors (Lipinski definition) is 2. The highest BCUT2D eigenvalue weighted by molar-refractivity contribution is 5.85. The number of aliphatic hydroxyl groups excluding tert-OH is 1. The van der Waals surface area contributed by atoms with Gasteiger partial charge in [-0.1, -0.05) is 24.3 Å². The zero-order valence-electron chi connectivity index (χ0n) is 10.2. The summed E-state index contributed by atoms with van der Waals surface area (Å²) in [5.74, 6) is -0.880. The van der Waals surface area contributed by atoms with Crippen LogP contribution in [0.15, 0.2) is 29.8 Å². The van der Waals surface area contributed by atoms with Gasteiger partial charge in [-0.2, -0.15) is 0 Å². The topological polar surface area (TPSA) is 57.5 Å². The quantitative estimate of drug-likeness (QED) is 0.767. The number of aliphatic hydroxyl groups is 1. The SMILES string of the molecule is CC(=CCc1cccc(CCO)c1C)C(=O)O. The Kier molecular flexibility index (Phi) is 4.91. The van der Waals surface area contributed by atoms with Gasteiger partial charge in [0.25, 0.3) is 0 Å². The predicted molar refractivity (Wildman–Crippen MR) is 67.1 cm³/mol. The molecular formula is C14H18O3. The van der Waals surface area contributed by atoms with Gasteiger partial charge < -0.3 is 10.2 Å². The first-order valence-corrected chi connectivity index (χ1v) is 5.64. The van der Waals surface area contributed by atoms with E-state index in [9.17, 15) is 4.79 Å². The molecule has 3 nitrogen and oxygen atoms in total. The van der Waals surface area contributed by atoms with Gasteiger partial charge in [0, 0.05) is 12.2 Å². The van der Waals surface area contributed by atoms with E-state index < -0.39 is 5.97 Å². The van der Waals surface area contributed by atoms with E-state index in [2.05, 4.69) is 0 Å². The third-order valence-corrected chi connectivity index (χ3v) is 2.90. The minimum atomic E-state index is -0.880. The Bertz CT molecular complexity index is 433. The maximum absolute atomic E-state index is 10.7. The Labute approximate surface area is 101 Å². The maximum atomic E-state index is 10.7.